The Kier molecular flexibility index (Phi) is 6.34. The highest BCUT2D eigenvalue weighted by atomic mass is 16.5. The van der Waals surface area contributed by atoms with E-state index in [4.69, 9.17) is 4.74 Å². The molecule has 0 saturated carbocycles. The summed E-state index contributed by atoms with van der Waals surface area (Å²) in [5, 5.41) is 10.6. The van der Waals surface area contributed by atoms with E-state index in [1.165, 1.54) is 11.4 Å². The summed E-state index contributed by atoms with van der Waals surface area (Å²) in [7, 11) is 0. The molecule has 6 rings (SSSR count). The summed E-state index contributed by atoms with van der Waals surface area (Å²) in [4.78, 5) is 19.3. The molecule has 1 aromatic carbocycles. The molecular formula is C28H33N7O. The Bertz CT molecular complexity index is 1270. The molecule has 2 unspecified atom stereocenters. The standard InChI is InChI=1S/C28H33N7O/c1-21-18-34(26-6-5-22(17-29)28-25(26)4-2-8-31-28)20-24-19-33(11-12-35(21)24)23-7-9-30-27(16-23)32-10-3-14-36-15-13-32/h2,4-9,16,21,24H,3,10-15,18-20H2,1H3. The first-order chi connectivity index (χ1) is 17.7. The normalized spacial score (nSPS) is 23.3. The van der Waals surface area contributed by atoms with Crippen LogP contribution in [0.15, 0.2) is 48.8 Å². The molecule has 0 spiro atoms. The van der Waals surface area contributed by atoms with Crippen LogP contribution in [0.4, 0.5) is 17.2 Å². The minimum absolute atomic E-state index is 0.424. The van der Waals surface area contributed by atoms with Crippen molar-refractivity contribution in [1.82, 2.24) is 14.9 Å². The number of benzene rings is 1. The first-order valence-electron chi connectivity index (χ1n) is 13.0. The van der Waals surface area contributed by atoms with Crippen LogP contribution in [0.2, 0.25) is 0 Å². The molecule has 3 fully saturated rings. The van der Waals surface area contributed by atoms with Gasteiger partial charge in [0.25, 0.3) is 0 Å². The van der Waals surface area contributed by atoms with Gasteiger partial charge in [-0.3, -0.25) is 9.88 Å². The topological polar surface area (TPSA) is 71.8 Å². The third-order valence-electron chi connectivity index (χ3n) is 7.86. The van der Waals surface area contributed by atoms with Crippen LogP contribution in [0.5, 0.6) is 0 Å². The predicted octanol–water partition coefficient (Wildman–Crippen LogP) is 3.13. The molecule has 2 aromatic heterocycles. The van der Waals surface area contributed by atoms with Crippen molar-refractivity contribution in [2.75, 3.05) is 73.7 Å². The van der Waals surface area contributed by atoms with Crippen LogP contribution in [0.3, 0.4) is 0 Å². The van der Waals surface area contributed by atoms with Crippen molar-refractivity contribution < 1.29 is 4.74 Å². The zero-order valence-electron chi connectivity index (χ0n) is 20.9. The van der Waals surface area contributed by atoms with Crippen molar-refractivity contribution in [3.8, 4) is 6.07 Å². The number of aromatic nitrogens is 2. The maximum absolute atomic E-state index is 9.56. The Balaban J connectivity index is 1.23. The number of ether oxygens (including phenoxy) is 1. The largest absolute Gasteiger partial charge is 0.380 e. The fraction of sp³-hybridized carbons (Fsp3) is 0.464. The van der Waals surface area contributed by atoms with Gasteiger partial charge in [0.2, 0.25) is 0 Å². The van der Waals surface area contributed by atoms with E-state index in [0.717, 1.165) is 82.2 Å². The molecule has 3 aliphatic rings. The molecule has 0 N–H and O–H groups in total. The molecular weight excluding hydrogens is 450 g/mol. The van der Waals surface area contributed by atoms with Gasteiger partial charge in [-0.2, -0.15) is 5.26 Å². The smallest absolute Gasteiger partial charge is 0.130 e. The van der Waals surface area contributed by atoms with Gasteiger partial charge in [0, 0.05) is 99.7 Å². The highest BCUT2D eigenvalue weighted by molar-refractivity contribution is 5.95. The first kappa shape index (κ1) is 23.0. The number of fused-ring (bicyclic) bond motifs is 2. The van der Waals surface area contributed by atoms with Crippen LogP contribution in [0.25, 0.3) is 10.9 Å². The molecule has 5 heterocycles. The molecule has 3 aromatic rings. The number of hydrogen-bond donors (Lipinski definition) is 0. The third-order valence-corrected chi connectivity index (χ3v) is 7.86. The van der Waals surface area contributed by atoms with Gasteiger partial charge in [-0.25, -0.2) is 4.98 Å². The summed E-state index contributed by atoms with van der Waals surface area (Å²) < 4.78 is 5.64. The Morgan fingerprint density at radius 3 is 2.75 bits per heavy atom. The van der Waals surface area contributed by atoms with Crippen molar-refractivity contribution in [3.63, 3.8) is 0 Å². The first-order valence-corrected chi connectivity index (χ1v) is 13.0. The van der Waals surface area contributed by atoms with Gasteiger partial charge in [-0.05, 0) is 43.7 Å². The lowest BCUT2D eigenvalue weighted by molar-refractivity contribution is 0.108. The molecule has 0 bridgehead atoms. The highest BCUT2D eigenvalue weighted by Gasteiger charge is 2.37. The SMILES string of the molecule is CC1CN(c2ccc(C#N)c3ncccc23)CC2CN(c3ccnc(N4CCCOCC4)c3)CCN12. The second-order valence-corrected chi connectivity index (χ2v) is 10.1. The van der Waals surface area contributed by atoms with Crippen LogP contribution in [-0.4, -0.2) is 86.0 Å². The number of rotatable bonds is 3. The fourth-order valence-electron chi connectivity index (χ4n) is 6.07. The molecule has 2 atom stereocenters. The van der Waals surface area contributed by atoms with Crippen LogP contribution in [0, 0.1) is 11.3 Å². The van der Waals surface area contributed by atoms with E-state index in [1.807, 2.05) is 18.3 Å². The lowest BCUT2D eigenvalue weighted by Gasteiger charge is -2.51. The maximum Gasteiger partial charge on any atom is 0.130 e. The second-order valence-electron chi connectivity index (χ2n) is 10.1. The Labute approximate surface area is 212 Å². The molecule has 0 aliphatic carbocycles. The van der Waals surface area contributed by atoms with Crippen LogP contribution in [0.1, 0.15) is 18.9 Å². The molecule has 3 aliphatic heterocycles. The lowest BCUT2D eigenvalue weighted by atomic mass is 10.0. The molecule has 36 heavy (non-hydrogen) atoms. The van der Waals surface area contributed by atoms with E-state index in [2.05, 4.69) is 66.8 Å². The fourth-order valence-corrected chi connectivity index (χ4v) is 6.07. The van der Waals surface area contributed by atoms with Gasteiger partial charge in [-0.1, -0.05) is 0 Å². The molecule has 0 radical (unpaired) electrons. The van der Waals surface area contributed by atoms with E-state index in [0.29, 0.717) is 17.6 Å². The van der Waals surface area contributed by atoms with Gasteiger partial charge in [-0.15, -0.1) is 0 Å². The summed E-state index contributed by atoms with van der Waals surface area (Å²) in [6.07, 6.45) is 4.77. The van der Waals surface area contributed by atoms with Crippen molar-refractivity contribution in [3.05, 3.63) is 54.4 Å². The van der Waals surface area contributed by atoms with Crippen molar-refractivity contribution in [2.45, 2.75) is 25.4 Å². The minimum atomic E-state index is 0.424. The summed E-state index contributed by atoms with van der Waals surface area (Å²) in [6, 6.07) is 15.7. The number of hydrogen-bond acceptors (Lipinski definition) is 8. The zero-order valence-corrected chi connectivity index (χ0v) is 20.9. The lowest BCUT2D eigenvalue weighted by Crippen LogP contribution is -2.65. The Morgan fingerprint density at radius 1 is 0.917 bits per heavy atom. The quantitative estimate of drug-likeness (QED) is 0.563. The monoisotopic (exact) mass is 483 g/mol. The van der Waals surface area contributed by atoms with E-state index in [9.17, 15) is 5.26 Å². The number of nitriles is 1. The third kappa shape index (κ3) is 4.34. The summed E-state index contributed by atoms with van der Waals surface area (Å²) in [5.41, 5.74) is 3.85. The van der Waals surface area contributed by atoms with E-state index in [1.54, 1.807) is 6.20 Å². The minimum Gasteiger partial charge on any atom is -0.380 e. The number of nitrogens with zero attached hydrogens (tertiary/aromatic N) is 7. The van der Waals surface area contributed by atoms with Crippen LogP contribution < -0.4 is 14.7 Å². The van der Waals surface area contributed by atoms with E-state index >= 15 is 0 Å². The van der Waals surface area contributed by atoms with Crippen molar-refractivity contribution in [2.24, 2.45) is 0 Å². The summed E-state index contributed by atoms with van der Waals surface area (Å²) in [5.74, 6) is 1.05. The van der Waals surface area contributed by atoms with Crippen molar-refractivity contribution >= 4 is 28.1 Å². The van der Waals surface area contributed by atoms with Gasteiger partial charge < -0.3 is 19.4 Å². The zero-order chi connectivity index (χ0) is 24.5. The predicted molar refractivity (Wildman–Crippen MR) is 143 cm³/mol. The number of anilines is 3. The second kappa shape index (κ2) is 9.92. The van der Waals surface area contributed by atoms with Gasteiger partial charge in [0.15, 0.2) is 0 Å². The number of pyridine rings is 2. The van der Waals surface area contributed by atoms with Gasteiger partial charge in [0.1, 0.15) is 11.9 Å². The average molecular weight is 484 g/mol. The van der Waals surface area contributed by atoms with Crippen LogP contribution in [-0.2, 0) is 4.74 Å². The number of piperazine rings is 2. The molecule has 3 saturated heterocycles. The van der Waals surface area contributed by atoms with E-state index < -0.39 is 0 Å². The maximum atomic E-state index is 9.56. The Hall–Kier alpha value is -3.41. The molecule has 0 amide bonds. The molecule has 186 valence electrons. The van der Waals surface area contributed by atoms with Crippen molar-refractivity contribution in [1.29, 1.82) is 5.26 Å². The molecule has 8 nitrogen and oxygen atoms in total. The van der Waals surface area contributed by atoms with Gasteiger partial charge in [0.05, 0.1) is 17.7 Å². The summed E-state index contributed by atoms with van der Waals surface area (Å²) >= 11 is 0. The molecule has 8 heteroatoms. The van der Waals surface area contributed by atoms with E-state index in [-0.39, 0.29) is 0 Å². The van der Waals surface area contributed by atoms with Gasteiger partial charge >= 0.3 is 0 Å². The average Bonchev–Trinajstić information content (AvgIpc) is 3.22. The van der Waals surface area contributed by atoms with Crippen LogP contribution >= 0.6 is 0 Å². The summed E-state index contributed by atoms with van der Waals surface area (Å²) in [6.45, 7) is 10.8. The Morgan fingerprint density at radius 2 is 1.83 bits per heavy atom. The highest BCUT2D eigenvalue weighted by Crippen LogP contribution is 2.33.